The Hall–Kier alpha value is -3.12. The normalized spacial score (nSPS) is 13.8. The monoisotopic (exact) mass is 463 g/mol. The van der Waals surface area contributed by atoms with E-state index in [0.717, 1.165) is 41.7 Å². The predicted octanol–water partition coefficient (Wildman–Crippen LogP) is 4.64. The zero-order chi connectivity index (χ0) is 23.3. The average Bonchev–Trinajstić information content (AvgIpc) is 3.31. The van der Waals surface area contributed by atoms with E-state index in [1.165, 1.54) is 5.56 Å². The van der Waals surface area contributed by atoms with Crippen molar-refractivity contribution in [3.05, 3.63) is 95.1 Å². The van der Waals surface area contributed by atoms with Gasteiger partial charge >= 0.3 is 0 Å². The Kier molecular flexibility index (Phi) is 7.14. The van der Waals surface area contributed by atoms with Crippen LogP contribution in [-0.2, 0) is 27.5 Å². The lowest BCUT2D eigenvalue weighted by molar-refractivity contribution is -0.121. The van der Waals surface area contributed by atoms with E-state index in [0.29, 0.717) is 11.5 Å². The molecule has 0 saturated carbocycles. The second kappa shape index (κ2) is 10.2. The molecule has 1 atom stereocenters. The number of hydrogen-bond acceptors (Lipinski definition) is 4. The maximum Gasteiger partial charge on any atom is 0.221 e. The number of benzene rings is 3. The molecule has 1 amide bonds. The zero-order valence-corrected chi connectivity index (χ0v) is 19.6. The van der Waals surface area contributed by atoms with Gasteiger partial charge in [-0.15, -0.1) is 0 Å². The maximum atomic E-state index is 12.9. The minimum absolute atomic E-state index is 0.0974. The number of aryl methyl sites for hydroxylation is 2. The largest absolute Gasteiger partial charge is 0.494 e. The van der Waals surface area contributed by atoms with Gasteiger partial charge in [-0.25, -0.2) is 8.42 Å². The first-order valence-corrected chi connectivity index (χ1v) is 13.0. The molecule has 3 aromatic rings. The topological polar surface area (TPSA) is 72.5 Å². The average molecular weight is 464 g/mol. The summed E-state index contributed by atoms with van der Waals surface area (Å²) in [7, 11) is -3.53. The number of sulfone groups is 1. The molecule has 4 rings (SSSR count). The highest BCUT2D eigenvalue weighted by molar-refractivity contribution is 7.91. The van der Waals surface area contributed by atoms with E-state index in [4.69, 9.17) is 4.74 Å². The van der Waals surface area contributed by atoms with Crippen molar-refractivity contribution in [2.45, 2.75) is 43.5 Å². The smallest absolute Gasteiger partial charge is 0.221 e. The molecule has 1 aliphatic rings. The van der Waals surface area contributed by atoms with Crippen molar-refractivity contribution in [3.63, 3.8) is 0 Å². The first kappa shape index (κ1) is 23.1. The molecule has 0 heterocycles. The fraction of sp³-hybridized carbons (Fsp3) is 0.296. The SMILES string of the molecule is CCOc1ccc(C(NC(=O)CCS(=O)(=O)c2ccc3c(c2)CCC3)c2ccccc2)cc1. The summed E-state index contributed by atoms with van der Waals surface area (Å²) in [5.74, 6) is 0.241. The van der Waals surface area contributed by atoms with Crippen LogP contribution in [0.1, 0.15) is 48.1 Å². The molecule has 1 unspecified atom stereocenters. The number of fused-ring (bicyclic) bond motifs is 1. The third-order valence-corrected chi connectivity index (χ3v) is 7.70. The molecule has 3 aromatic carbocycles. The zero-order valence-electron chi connectivity index (χ0n) is 18.8. The first-order valence-electron chi connectivity index (χ1n) is 11.4. The Morgan fingerprint density at radius 3 is 2.36 bits per heavy atom. The van der Waals surface area contributed by atoms with Crippen LogP contribution in [0.2, 0.25) is 0 Å². The van der Waals surface area contributed by atoms with Crippen LogP contribution in [0.4, 0.5) is 0 Å². The summed E-state index contributed by atoms with van der Waals surface area (Å²) < 4.78 is 31.3. The molecule has 0 fully saturated rings. The summed E-state index contributed by atoms with van der Waals surface area (Å²) in [6.45, 7) is 2.51. The second-order valence-corrected chi connectivity index (χ2v) is 10.4. The van der Waals surface area contributed by atoms with Gasteiger partial charge in [0.05, 0.1) is 23.3 Å². The predicted molar refractivity (Wildman–Crippen MR) is 129 cm³/mol. The molecule has 0 bridgehead atoms. The summed E-state index contributed by atoms with van der Waals surface area (Å²) in [6.07, 6.45) is 2.89. The van der Waals surface area contributed by atoms with Crippen molar-refractivity contribution in [1.82, 2.24) is 5.32 Å². The van der Waals surface area contributed by atoms with Crippen molar-refractivity contribution in [3.8, 4) is 5.75 Å². The Morgan fingerprint density at radius 1 is 0.939 bits per heavy atom. The molecule has 172 valence electrons. The number of rotatable bonds is 9. The highest BCUT2D eigenvalue weighted by atomic mass is 32.2. The van der Waals surface area contributed by atoms with Crippen LogP contribution < -0.4 is 10.1 Å². The number of amides is 1. The van der Waals surface area contributed by atoms with Crippen molar-refractivity contribution in [1.29, 1.82) is 0 Å². The number of ether oxygens (including phenoxy) is 1. The van der Waals surface area contributed by atoms with E-state index in [2.05, 4.69) is 5.32 Å². The van der Waals surface area contributed by atoms with Gasteiger partial charge in [-0.05, 0) is 72.7 Å². The Bertz CT molecular complexity index is 1200. The highest BCUT2D eigenvalue weighted by Gasteiger charge is 2.22. The van der Waals surface area contributed by atoms with Gasteiger partial charge in [0.1, 0.15) is 5.75 Å². The van der Waals surface area contributed by atoms with Gasteiger partial charge < -0.3 is 10.1 Å². The lowest BCUT2D eigenvalue weighted by Gasteiger charge is -2.20. The Morgan fingerprint density at radius 2 is 1.64 bits per heavy atom. The van der Waals surface area contributed by atoms with Gasteiger partial charge in [-0.1, -0.05) is 48.5 Å². The lowest BCUT2D eigenvalue weighted by Crippen LogP contribution is -2.30. The molecule has 0 radical (unpaired) electrons. The Balaban J connectivity index is 1.46. The van der Waals surface area contributed by atoms with Gasteiger partial charge in [-0.2, -0.15) is 0 Å². The van der Waals surface area contributed by atoms with E-state index in [1.54, 1.807) is 12.1 Å². The third-order valence-electron chi connectivity index (χ3n) is 5.99. The van der Waals surface area contributed by atoms with Crippen molar-refractivity contribution in [2.24, 2.45) is 0 Å². The fourth-order valence-electron chi connectivity index (χ4n) is 4.25. The van der Waals surface area contributed by atoms with Crippen molar-refractivity contribution >= 4 is 15.7 Å². The minimum Gasteiger partial charge on any atom is -0.494 e. The van der Waals surface area contributed by atoms with E-state index in [1.807, 2.05) is 67.6 Å². The molecule has 0 saturated heterocycles. The molecule has 6 heteroatoms. The second-order valence-electron chi connectivity index (χ2n) is 8.27. The molecule has 0 aromatic heterocycles. The molecule has 5 nitrogen and oxygen atoms in total. The molecule has 0 aliphatic heterocycles. The molecular weight excluding hydrogens is 434 g/mol. The number of hydrogen-bond donors (Lipinski definition) is 1. The molecule has 0 spiro atoms. The van der Waals surface area contributed by atoms with E-state index in [9.17, 15) is 13.2 Å². The van der Waals surface area contributed by atoms with Crippen LogP contribution in [0.5, 0.6) is 5.75 Å². The summed E-state index contributed by atoms with van der Waals surface area (Å²) in [4.78, 5) is 13.1. The molecule has 1 aliphatic carbocycles. The van der Waals surface area contributed by atoms with Gasteiger partial charge in [0.2, 0.25) is 5.91 Å². The van der Waals surface area contributed by atoms with E-state index >= 15 is 0 Å². The van der Waals surface area contributed by atoms with Gasteiger partial charge in [0.15, 0.2) is 9.84 Å². The number of carbonyl (C=O) groups is 1. The maximum absolute atomic E-state index is 12.9. The van der Waals surface area contributed by atoms with Crippen molar-refractivity contribution in [2.75, 3.05) is 12.4 Å². The quantitative estimate of drug-likeness (QED) is 0.502. The minimum atomic E-state index is -3.53. The standard InChI is InChI=1S/C27H29NO4S/c1-2-32-24-14-11-22(12-15-24)27(21-7-4-3-5-8-21)28-26(29)17-18-33(30,31)25-16-13-20-9-6-10-23(20)19-25/h3-5,7-8,11-16,19,27H,2,6,9-10,17-18H2,1H3,(H,28,29). The summed E-state index contributed by atoms with van der Waals surface area (Å²) in [5, 5.41) is 3.02. The van der Waals surface area contributed by atoms with E-state index < -0.39 is 9.84 Å². The molecule has 1 N–H and O–H groups in total. The molecule has 33 heavy (non-hydrogen) atoms. The lowest BCUT2D eigenvalue weighted by atomic mass is 9.98. The first-order chi connectivity index (χ1) is 16.0. The van der Waals surface area contributed by atoms with Gasteiger partial charge in [0, 0.05) is 6.42 Å². The van der Waals surface area contributed by atoms with Crippen LogP contribution in [0.15, 0.2) is 77.7 Å². The van der Waals surface area contributed by atoms with Gasteiger partial charge in [0.25, 0.3) is 0 Å². The van der Waals surface area contributed by atoms with Crippen LogP contribution in [0, 0.1) is 0 Å². The Labute approximate surface area is 195 Å². The van der Waals surface area contributed by atoms with Crippen LogP contribution in [0.3, 0.4) is 0 Å². The summed E-state index contributed by atoms with van der Waals surface area (Å²) >= 11 is 0. The van der Waals surface area contributed by atoms with Gasteiger partial charge in [-0.3, -0.25) is 4.79 Å². The summed E-state index contributed by atoms with van der Waals surface area (Å²) in [5.41, 5.74) is 4.17. The fourth-order valence-corrected chi connectivity index (χ4v) is 5.53. The third kappa shape index (κ3) is 5.63. The molecular formula is C27H29NO4S. The summed E-state index contributed by atoms with van der Waals surface area (Å²) in [6, 6.07) is 22.2. The van der Waals surface area contributed by atoms with Crippen LogP contribution in [-0.4, -0.2) is 26.7 Å². The highest BCUT2D eigenvalue weighted by Crippen LogP contribution is 2.26. The van der Waals surface area contributed by atoms with E-state index in [-0.39, 0.29) is 24.1 Å². The van der Waals surface area contributed by atoms with Crippen LogP contribution in [0.25, 0.3) is 0 Å². The van der Waals surface area contributed by atoms with Crippen molar-refractivity contribution < 1.29 is 17.9 Å². The number of nitrogens with one attached hydrogen (secondary N) is 1. The van der Waals surface area contributed by atoms with Crippen LogP contribution >= 0.6 is 0 Å². The number of carbonyl (C=O) groups excluding carboxylic acids is 1.